The summed E-state index contributed by atoms with van der Waals surface area (Å²) in [4.78, 5) is 29.1. The van der Waals surface area contributed by atoms with E-state index in [0.717, 1.165) is 15.5 Å². The molecule has 7 nitrogen and oxygen atoms in total. The fourth-order valence-corrected chi connectivity index (χ4v) is 3.02. The van der Waals surface area contributed by atoms with E-state index in [-0.39, 0.29) is 29.8 Å². The van der Waals surface area contributed by atoms with Crippen LogP contribution < -0.4 is 10.5 Å². The summed E-state index contributed by atoms with van der Waals surface area (Å²) in [5.74, 6) is -0.835. The zero-order valence-corrected chi connectivity index (χ0v) is 13.8. The molecule has 3 rings (SSSR count). The van der Waals surface area contributed by atoms with Crippen LogP contribution in [0.4, 0.5) is 19.1 Å². The normalized spacial score (nSPS) is 17.5. The van der Waals surface area contributed by atoms with E-state index in [0.29, 0.717) is 0 Å². The van der Waals surface area contributed by atoms with Gasteiger partial charge in [-0.3, -0.25) is 18.8 Å². The van der Waals surface area contributed by atoms with Gasteiger partial charge < -0.3 is 4.90 Å². The summed E-state index contributed by atoms with van der Waals surface area (Å²) in [5.41, 5.74) is -0.406. The molecule has 1 atom stereocenters. The Kier molecular flexibility index (Phi) is 4.31. The number of rotatable bonds is 3. The van der Waals surface area contributed by atoms with Crippen LogP contribution >= 0.6 is 11.6 Å². The van der Waals surface area contributed by atoms with Crippen LogP contribution in [0.1, 0.15) is 16.9 Å². The van der Waals surface area contributed by atoms with Crippen molar-refractivity contribution < 1.29 is 18.0 Å². The smallest absolute Gasteiger partial charge is 0.322 e. The zero-order chi connectivity index (χ0) is 18.4. The van der Waals surface area contributed by atoms with Crippen LogP contribution in [0.3, 0.4) is 0 Å². The topological polar surface area (TPSA) is 73.0 Å². The molecule has 2 aromatic heterocycles. The fraction of sp³-hybridized carbons (Fsp3) is 0.429. The summed E-state index contributed by atoms with van der Waals surface area (Å²) in [5, 5.41) is 3.61. The van der Waals surface area contributed by atoms with Gasteiger partial charge in [0.2, 0.25) is 5.95 Å². The summed E-state index contributed by atoms with van der Waals surface area (Å²) in [6.45, 7) is -0.755. The largest absolute Gasteiger partial charge is 0.408 e. The molecule has 0 N–H and O–H groups in total. The van der Waals surface area contributed by atoms with Crippen molar-refractivity contribution in [1.29, 1.82) is 0 Å². The maximum Gasteiger partial charge on any atom is 0.408 e. The van der Waals surface area contributed by atoms with Gasteiger partial charge in [-0.2, -0.15) is 18.3 Å². The van der Waals surface area contributed by atoms with Gasteiger partial charge in [0.05, 0.1) is 6.54 Å². The van der Waals surface area contributed by atoms with Crippen molar-refractivity contribution in [3.05, 3.63) is 39.5 Å². The Bertz CT molecular complexity index is 876. The van der Waals surface area contributed by atoms with Crippen molar-refractivity contribution in [2.45, 2.75) is 25.2 Å². The molecule has 0 radical (unpaired) electrons. The van der Waals surface area contributed by atoms with Crippen molar-refractivity contribution >= 4 is 23.3 Å². The third-order valence-electron chi connectivity index (χ3n) is 4.01. The monoisotopic (exact) mass is 375 g/mol. The van der Waals surface area contributed by atoms with Crippen LogP contribution in [0.25, 0.3) is 0 Å². The second-order valence-corrected chi connectivity index (χ2v) is 5.99. The van der Waals surface area contributed by atoms with E-state index in [2.05, 4.69) is 10.1 Å². The van der Waals surface area contributed by atoms with Gasteiger partial charge in [0.1, 0.15) is 16.9 Å². The molecule has 1 aliphatic rings. The Morgan fingerprint density at radius 1 is 1.44 bits per heavy atom. The molecule has 1 aliphatic heterocycles. The minimum Gasteiger partial charge on any atom is -0.322 e. The van der Waals surface area contributed by atoms with Crippen LogP contribution in [-0.4, -0.2) is 43.9 Å². The minimum absolute atomic E-state index is 0.154. The molecule has 0 spiro atoms. The fourth-order valence-electron chi connectivity index (χ4n) is 2.85. The molecule has 0 fully saturated rings. The molecule has 2 aromatic rings. The van der Waals surface area contributed by atoms with E-state index < -0.39 is 30.1 Å². The van der Waals surface area contributed by atoms with Gasteiger partial charge in [0, 0.05) is 25.9 Å². The zero-order valence-electron chi connectivity index (χ0n) is 13.0. The van der Waals surface area contributed by atoms with Crippen LogP contribution in [-0.2, 0) is 13.6 Å². The van der Waals surface area contributed by atoms with Gasteiger partial charge in [-0.25, -0.2) is 4.98 Å². The number of fused-ring (bicyclic) bond motifs is 1. The lowest BCUT2D eigenvalue weighted by molar-refractivity contribution is -0.152. The molecule has 0 saturated heterocycles. The number of carbonyl (C=O) groups excluding carboxylic acids is 1. The van der Waals surface area contributed by atoms with Gasteiger partial charge in [0.15, 0.2) is 5.78 Å². The molecule has 25 heavy (non-hydrogen) atoms. The maximum atomic E-state index is 13.4. The number of ketones is 1. The summed E-state index contributed by atoms with van der Waals surface area (Å²) in [6.07, 6.45) is -3.57. The quantitative estimate of drug-likeness (QED) is 0.602. The summed E-state index contributed by atoms with van der Waals surface area (Å²) >= 11 is 5.74. The van der Waals surface area contributed by atoms with Gasteiger partial charge in [-0.15, -0.1) is 0 Å². The van der Waals surface area contributed by atoms with Gasteiger partial charge in [-0.05, 0) is 12.5 Å². The molecule has 0 aromatic carbocycles. The minimum atomic E-state index is -4.59. The van der Waals surface area contributed by atoms with Crippen molar-refractivity contribution in [2.75, 3.05) is 11.4 Å². The first-order chi connectivity index (χ1) is 11.7. The van der Waals surface area contributed by atoms with Crippen LogP contribution in [0.5, 0.6) is 0 Å². The molecular formula is C14H13ClF3N5O2. The van der Waals surface area contributed by atoms with Gasteiger partial charge >= 0.3 is 6.18 Å². The predicted molar refractivity (Wildman–Crippen MR) is 82.9 cm³/mol. The van der Waals surface area contributed by atoms with Gasteiger partial charge in [-0.1, -0.05) is 11.6 Å². The average molecular weight is 376 g/mol. The van der Waals surface area contributed by atoms with Crippen molar-refractivity contribution in [3.8, 4) is 0 Å². The first-order valence-corrected chi connectivity index (χ1v) is 7.68. The van der Waals surface area contributed by atoms with E-state index in [4.69, 9.17) is 11.6 Å². The molecule has 3 heterocycles. The Labute approximate surface area is 144 Å². The summed E-state index contributed by atoms with van der Waals surface area (Å²) in [6, 6.07) is 0.503. The number of aromatic nitrogens is 4. The van der Waals surface area contributed by atoms with E-state index in [9.17, 15) is 22.8 Å². The first-order valence-electron chi connectivity index (χ1n) is 7.30. The third-order valence-corrected chi connectivity index (χ3v) is 4.21. The van der Waals surface area contributed by atoms with Crippen molar-refractivity contribution in [2.24, 2.45) is 7.05 Å². The Morgan fingerprint density at radius 3 is 2.76 bits per heavy atom. The second-order valence-electron chi connectivity index (χ2n) is 5.61. The molecule has 11 heteroatoms. The highest BCUT2D eigenvalue weighted by Crippen LogP contribution is 2.33. The highest BCUT2D eigenvalue weighted by atomic mass is 35.5. The number of nitrogens with zero attached hydrogens (tertiary/aromatic N) is 5. The van der Waals surface area contributed by atoms with E-state index in [1.54, 1.807) is 0 Å². The molecular weight excluding hydrogens is 363 g/mol. The number of halogens is 4. The van der Waals surface area contributed by atoms with Crippen LogP contribution in [0, 0.1) is 0 Å². The Hall–Kier alpha value is -2.36. The lowest BCUT2D eigenvalue weighted by Crippen LogP contribution is -2.54. The Morgan fingerprint density at radius 2 is 2.16 bits per heavy atom. The highest BCUT2D eigenvalue weighted by Gasteiger charge is 2.47. The third kappa shape index (κ3) is 3.26. The van der Waals surface area contributed by atoms with Crippen molar-refractivity contribution in [3.63, 3.8) is 0 Å². The average Bonchev–Trinajstić information content (AvgIpc) is 2.92. The molecule has 0 aliphatic carbocycles. The number of hydrogen-bond donors (Lipinski definition) is 0. The standard InChI is InChI=1S/C14H13ClF3N5O2/c1-21-8(2-4-19-21)9(24)7-23-10(14(16,17)18)3-5-22-12(25)6-11(15)20-13(22)23/h2,4,6,10H,3,5,7H2,1H3/t10-/m0/s1. The Balaban J connectivity index is 2.04. The van der Waals surface area contributed by atoms with E-state index in [1.807, 2.05) is 0 Å². The van der Waals surface area contributed by atoms with Gasteiger partial charge in [0.25, 0.3) is 5.56 Å². The second kappa shape index (κ2) is 6.17. The number of carbonyl (C=O) groups is 1. The number of alkyl halides is 3. The predicted octanol–water partition coefficient (Wildman–Crippen LogP) is 1.65. The lowest BCUT2D eigenvalue weighted by Gasteiger charge is -2.38. The van der Waals surface area contributed by atoms with Crippen molar-refractivity contribution in [1.82, 2.24) is 19.3 Å². The summed E-state index contributed by atoms with van der Waals surface area (Å²) in [7, 11) is 1.51. The van der Waals surface area contributed by atoms with Crippen LogP contribution in [0.15, 0.2) is 23.1 Å². The SMILES string of the molecule is Cn1nccc1C(=O)CN1c2nc(Cl)cc(=O)n2CC[C@H]1C(F)(F)F. The molecule has 0 unspecified atom stereocenters. The number of Topliss-reactive ketones (excluding diaryl/α,β-unsaturated/α-hetero) is 1. The molecule has 0 saturated carbocycles. The molecule has 0 amide bonds. The number of aryl methyl sites for hydroxylation is 1. The highest BCUT2D eigenvalue weighted by molar-refractivity contribution is 6.29. The van der Waals surface area contributed by atoms with Crippen LogP contribution in [0.2, 0.25) is 5.15 Å². The maximum absolute atomic E-state index is 13.4. The summed E-state index contributed by atoms with van der Waals surface area (Å²) < 4.78 is 42.7. The number of hydrogen-bond acceptors (Lipinski definition) is 5. The lowest BCUT2D eigenvalue weighted by atomic mass is 10.1. The van der Waals surface area contributed by atoms with E-state index >= 15 is 0 Å². The van der Waals surface area contributed by atoms with E-state index in [1.165, 1.54) is 24.0 Å². The molecule has 0 bridgehead atoms. The molecule has 134 valence electrons. The number of anilines is 1. The first kappa shape index (κ1) is 17.5.